The second kappa shape index (κ2) is 6.74. The molecule has 0 aromatic rings. The summed E-state index contributed by atoms with van der Waals surface area (Å²) in [4.78, 5) is 15.8. The molecule has 4 heteroatoms. The normalized spacial score (nSPS) is 18.4. The molecule has 1 heterocycles. The lowest BCUT2D eigenvalue weighted by atomic mass is 10.1. The summed E-state index contributed by atoms with van der Waals surface area (Å²) in [5, 5.41) is 3.09. The first-order chi connectivity index (χ1) is 7.67. The quantitative estimate of drug-likeness (QED) is 0.790. The minimum absolute atomic E-state index is 0.0661. The first-order valence-corrected chi connectivity index (χ1v) is 6.41. The van der Waals surface area contributed by atoms with Gasteiger partial charge in [0, 0.05) is 32.7 Å². The molecular weight excluding hydrogens is 202 g/mol. The Labute approximate surface area is 99.0 Å². The highest BCUT2D eigenvalue weighted by Gasteiger charge is 2.20. The topological polar surface area (TPSA) is 35.6 Å². The molecule has 0 atom stereocenters. The van der Waals surface area contributed by atoms with E-state index in [4.69, 9.17) is 0 Å². The minimum Gasteiger partial charge on any atom is -0.335 e. The van der Waals surface area contributed by atoms with Gasteiger partial charge in [0.25, 0.3) is 0 Å². The lowest BCUT2D eigenvalue weighted by molar-refractivity contribution is 0.179. The van der Waals surface area contributed by atoms with E-state index >= 15 is 0 Å². The Hall–Kier alpha value is -0.770. The molecule has 1 fully saturated rings. The number of rotatable bonds is 4. The maximum absolute atomic E-state index is 11.7. The predicted molar refractivity (Wildman–Crippen MR) is 66.6 cm³/mol. The van der Waals surface area contributed by atoms with Gasteiger partial charge in [-0.3, -0.25) is 0 Å². The summed E-state index contributed by atoms with van der Waals surface area (Å²) in [5.74, 6) is 0. The molecule has 0 radical (unpaired) electrons. The number of amides is 2. The second-order valence-corrected chi connectivity index (χ2v) is 4.58. The van der Waals surface area contributed by atoms with Crippen molar-refractivity contribution >= 4 is 6.03 Å². The Morgan fingerprint density at radius 2 is 2.00 bits per heavy atom. The van der Waals surface area contributed by atoms with Crippen molar-refractivity contribution in [3.8, 4) is 0 Å². The van der Waals surface area contributed by atoms with E-state index in [9.17, 15) is 4.79 Å². The number of carbonyl (C=O) groups is 1. The Morgan fingerprint density at radius 1 is 1.38 bits per heavy atom. The SMILES string of the molecule is CCCN1CCC(NC(=O)N(C)CC)CC1. The Morgan fingerprint density at radius 3 is 2.50 bits per heavy atom. The smallest absolute Gasteiger partial charge is 0.317 e. The van der Waals surface area contributed by atoms with Gasteiger partial charge in [-0.05, 0) is 32.7 Å². The number of nitrogens with one attached hydrogen (secondary N) is 1. The lowest BCUT2D eigenvalue weighted by Gasteiger charge is -2.32. The maximum atomic E-state index is 11.7. The number of piperidine rings is 1. The van der Waals surface area contributed by atoms with Crippen LogP contribution in [0.2, 0.25) is 0 Å². The molecule has 0 aliphatic carbocycles. The molecule has 0 unspecified atom stereocenters. The van der Waals surface area contributed by atoms with Gasteiger partial charge in [0.1, 0.15) is 0 Å². The summed E-state index contributed by atoms with van der Waals surface area (Å²) in [7, 11) is 1.83. The Bertz CT molecular complexity index is 212. The first kappa shape index (κ1) is 13.3. The average Bonchev–Trinajstić information content (AvgIpc) is 2.31. The standard InChI is InChI=1S/C12H25N3O/c1-4-8-15-9-6-11(7-10-15)13-12(16)14(3)5-2/h11H,4-10H2,1-3H3,(H,13,16). The Balaban J connectivity index is 2.24. The molecule has 0 saturated carbocycles. The number of carbonyl (C=O) groups excluding carboxylic acids is 1. The molecule has 0 aromatic carbocycles. The second-order valence-electron chi connectivity index (χ2n) is 4.58. The molecular formula is C12H25N3O. The molecule has 94 valence electrons. The third kappa shape index (κ3) is 4.00. The molecule has 0 spiro atoms. The zero-order valence-corrected chi connectivity index (χ0v) is 10.8. The number of hydrogen-bond donors (Lipinski definition) is 1. The van der Waals surface area contributed by atoms with Crippen LogP contribution in [0.1, 0.15) is 33.1 Å². The fourth-order valence-electron chi connectivity index (χ4n) is 2.05. The first-order valence-electron chi connectivity index (χ1n) is 6.41. The third-order valence-electron chi connectivity index (χ3n) is 3.28. The van der Waals surface area contributed by atoms with Gasteiger partial charge in [0.05, 0.1) is 0 Å². The molecule has 4 nitrogen and oxygen atoms in total. The van der Waals surface area contributed by atoms with Crippen LogP contribution >= 0.6 is 0 Å². The van der Waals surface area contributed by atoms with Crippen LogP contribution in [0.3, 0.4) is 0 Å². The van der Waals surface area contributed by atoms with Crippen molar-refractivity contribution in [2.45, 2.75) is 39.2 Å². The van der Waals surface area contributed by atoms with E-state index in [1.807, 2.05) is 14.0 Å². The Kier molecular flexibility index (Phi) is 5.60. The van der Waals surface area contributed by atoms with Crippen molar-refractivity contribution in [2.24, 2.45) is 0 Å². The van der Waals surface area contributed by atoms with E-state index < -0.39 is 0 Å². The van der Waals surface area contributed by atoms with Gasteiger partial charge in [-0.1, -0.05) is 6.92 Å². The van der Waals surface area contributed by atoms with Gasteiger partial charge in [0.15, 0.2) is 0 Å². The molecule has 1 aliphatic rings. The fraction of sp³-hybridized carbons (Fsp3) is 0.917. The van der Waals surface area contributed by atoms with E-state index in [1.165, 1.54) is 13.0 Å². The summed E-state index contributed by atoms with van der Waals surface area (Å²) in [5.41, 5.74) is 0. The van der Waals surface area contributed by atoms with Gasteiger partial charge < -0.3 is 15.1 Å². The zero-order chi connectivity index (χ0) is 12.0. The van der Waals surface area contributed by atoms with Gasteiger partial charge >= 0.3 is 6.03 Å². The largest absolute Gasteiger partial charge is 0.335 e. The van der Waals surface area contributed by atoms with Crippen molar-refractivity contribution in [1.29, 1.82) is 0 Å². The summed E-state index contributed by atoms with van der Waals surface area (Å²) in [6.07, 6.45) is 3.39. The van der Waals surface area contributed by atoms with Crippen molar-refractivity contribution in [3.63, 3.8) is 0 Å². The van der Waals surface area contributed by atoms with Crippen molar-refractivity contribution in [1.82, 2.24) is 15.1 Å². The van der Waals surface area contributed by atoms with Crippen LogP contribution in [0.15, 0.2) is 0 Å². The summed E-state index contributed by atoms with van der Waals surface area (Å²) in [6, 6.07) is 0.436. The van der Waals surface area contributed by atoms with Crippen LogP contribution in [0.5, 0.6) is 0 Å². The van der Waals surface area contributed by atoms with Crippen LogP contribution < -0.4 is 5.32 Å². The maximum Gasteiger partial charge on any atom is 0.317 e. The van der Waals surface area contributed by atoms with Crippen LogP contribution in [0.25, 0.3) is 0 Å². The van der Waals surface area contributed by atoms with Gasteiger partial charge in [-0.15, -0.1) is 0 Å². The minimum atomic E-state index is 0.0661. The predicted octanol–water partition coefficient (Wildman–Crippen LogP) is 1.52. The van der Waals surface area contributed by atoms with Crippen molar-refractivity contribution in [2.75, 3.05) is 33.2 Å². The molecule has 1 saturated heterocycles. The van der Waals surface area contributed by atoms with Crippen LogP contribution in [-0.4, -0.2) is 55.1 Å². The van der Waals surface area contributed by atoms with E-state index in [-0.39, 0.29) is 6.03 Å². The lowest BCUT2D eigenvalue weighted by Crippen LogP contribution is -2.48. The molecule has 1 N–H and O–H groups in total. The van der Waals surface area contributed by atoms with Crippen LogP contribution in [0, 0.1) is 0 Å². The molecule has 16 heavy (non-hydrogen) atoms. The van der Waals surface area contributed by atoms with Crippen molar-refractivity contribution < 1.29 is 4.79 Å². The van der Waals surface area contributed by atoms with Crippen molar-refractivity contribution in [3.05, 3.63) is 0 Å². The highest BCUT2D eigenvalue weighted by Crippen LogP contribution is 2.10. The van der Waals surface area contributed by atoms with E-state index in [2.05, 4.69) is 17.1 Å². The van der Waals surface area contributed by atoms with Crippen LogP contribution in [-0.2, 0) is 0 Å². The molecule has 1 rings (SSSR count). The zero-order valence-electron chi connectivity index (χ0n) is 10.8. The molecule has 0 bridgehead atoms. The number of nitrogens with zero attached hydrogens (tertiary/aromatic N) is 2. The van der Waals surface area contributed by atoms with Gasteiger partial charge in [-0.25, -0.2) is 4.79 Å². The highest BCUT2D eigenvalue weighted by atomic mass is 16.2. The molecule has 0 aromatic heterocycles. The fourth-order valence-corrected chi connectivity index (χ4v) is 2.05. The summed E-state index contributed by atoms with van der Waals surface area (Å²) < 4.78 is 0. The average molecular weight is 227 g/mol. The van der Waals surface area contributed by atoms with E-state index in [0.717, 1.165) is 32.5 Å². The van der Waals surface area contributed by atoms with Crippen LogP contribution in [0.4, 0.5) is 4.79 Å². The number of hydrogen-bond acceptors (Lipinski definition) is 2. The summed E-state index contributed by atoms with van der Waals surface area (Å²) in [6.45, 7) is 8.40. The highest BCUT2D eigenvalue weighted by molar-refractivity contribution is 5.74. The number of likely N-dealkylation sites (tertiary alicyclic amines) is 1. The molecule has 2 amide bonds. The third-order valence-corrected chi connectivity index (χ3v) is 3.28. The van der Waals surface area contributed by atoms with E-state index in [0.29, 0.717) is 6.04 Å². The van der Waals surface area contributed by atoms with E-state index in [1.54, 1.807) is 4.90 Å². The molecule has 1 aliphatic heterocycles. The van der Waals surface area contributed by atoms with Gasteiger partial charge in [0.2, 0.25) is 0 Å². The van der Waals surface area contributed by atoms with Gasteiger partial charge in [-0.2, -0.15) is 0 Å². The summed E-state index contributed by atoms with van der Waals surface area (Å²) >= 11 is 0. The number of urea groups is 1. The monoisotopic (exact) mass is 227 g/mol.